The third kappa shape index (κ3) is 4.66. The van der Waals surface area contributed by atoms with Crippen molar-refractivity contribution in [2.24, 2.45) is 0 Å². The van der Waals surface area contributed by atoms with Gasteiger partial charge >= 0.3 is 0 Å². The van der Waals surface area contributed by atoms with Crippen molar-refractivity contribution >= 4 is 33.2 Å². The topological polar surface area (TPSA) is 45.9 Å². The van der Waals surface area contributed by atoms with E-state index >= 15 is 0 Å². The summed E-state index contributed by atoms with van der Waals surface area (Å²) < 4.78 is 12.4. The van der Waals surface area contributed by atoms with Crippen LogP contribution in [-0.2, 0) is 13.2 Å². The highest BCUT2D eigenvalue weighted by Gasteiger charge is 2.26. The number of nitrogens with zero attached hydrogens (tertiary/aromatic N) is 2. The van der Waals surface area contributed by atoms with E-state index in [1.54, 1.807) is 23.7 Å². The lowest BCUT2D eigenvalue weighted by Gasteiger charge is -2.34. The van der Waals surface area contributed by atoms with Gasteiger partial charge in [-0.3, -0.25) is 9.69 Å². The number of furan rings is 1. The lowest BCUT2D eigenvalue weighted by atomic mass is 10.2. The molecular formula is C21H21BrN2O3S. The molecule has 146 valence electrons. The molecule has 2 aromatic heterocycles. The first-order valence-corrected chi connectivity index (χ1v) is 10.8. The fourth-order valence-electron chi connectivity index (χ4n) is 3.22. The first-order valence-electron chi connectivity index (χ1n) is 9.19. The molecule has 28 heavy (non-hydrogen) atoms. The zero-order valence-corrected chi connectivity index (χ0v) is 17.7. The summed E-state index contributed by atoms with van der Waals surface area (Å²) in [5, 5.41) is 0. The molecule has 1 amide bonds. The number of hydrogen-bond donors (Lipinski definition) is 0. The van der Waals surface area contributed by atoms with Gasteiger partial charge in [-0.15, -0.1) is 11.3 Å². The number of amides is 1. The first-order chi connectivity index (χ1) is 13.7. The molecular weight excluding hydrogens is 440 g/mol. The predicted octanol–water partition coefficient (Wildman–Crippen LogP) is 4.64. The number of rotatable bonds is 6. The second kappa shape index (κ2) is 8.94. The molecule has 0 N–H and O–H groups in total. The molecule has 7 heteroatoms. The van der Waals surface area contributed by atoms with Gasteiger partial charge in [0.05, 0.1) is 10.0 Å². The van der Waals surface area contributed by atoms with E-state index in [1.165, 1.54) is 4.88 Å². The van der Waals surface area contributed by atoms with Gasteiger partial charge in [-0.25, -0.2) is 0 Å². The van der Waals surface area contributed by atoms with E-state index in [9.17, 15) is 4.79 Å². The predicted molar refractivity (Wildman–Crippen MR) is 113 cm³/mol. The molecule has 3 aromatic rings. The van der Waals surface area contributed by atoms with Gasteiger partial charge in [-0.2, -0.15) is 0 Å². The van der Waals surface area contributed by atoms with E-state index in [1.807, 2.05) is 35.2 Å². The van der Waals surface area contributed by atoms with Crippen molar-refractivity contribution in [1.82, 2.24) is 9.80 Å². The van der Waals surface area contributed by atoms with Gasteiger partial charge in [0.1, 0.15) is 12.4 Å². The van der Waals surface area contributed by atoms with Crippen molar-refractivity contribution in [3.63, 3.8) is 0 Å². The minimum absolute atomic E-state index is 0.0600. The number of para-hydroxylation sites is 1. The van der Waals surface area contributed by atoms with Crippen LogP contribution in [0.25, 0.3) is 0 Å². The minimum Gasteiger partial charge on any atom is -0.489 e. The quantitative estimate of drug-likeness (QED) is 0.537. The lowest BCUT2D eigenvalue weighted by Crippen LogP contribution is -2.48. The third-order valence-electron chi connectivity index (χ3n) is 4.75. The maximum absolute atomic E-state index is 12.9. The zero-order valence-electron chi connectivity index (χ0n) is 15.3. The van der Waals surface area contributed by atoms with Crippen LogP contribution in [0.3, 0.4) is 0 Å². The normalized spacial score (nSPS) is 15.0. The SMILES string of the molecule is O=C(c1occc1COc1ccccc1)N1CCN(Cc2ccc(Br)s2)CC1. The summed E-state index contributed by atoms with van der Waals surface area (Å²) in [5.41, 5.74) is 0.778. The Kier molecular flexibility index (Phi) is 6.14. The van der Waals surface area contributed by atoms with Crippen molar-refractivity contribution in [3.05, 3.63) is 74.8 Å². The maximum atomic E-state index is 12.9. The highest BCUT2D eigenvalue weighted by atomic mass is 79.9. The highest BCUT2D eigenvalue weighted by molar-refractivity contribution is 9.11. The molecule has 1 fully saturated rings. The Morgan fingerprint density at radius 2 is 1.86 bits per heavy atom. The minimum atomic E-state index is -0.0600. The van der Waals surface area contributed by atoms with Crippen LogP contribution in [0.15, 0.2) is 63.0 Å². The standard InChI is InChI=1S/C21H21BrN2O3S/c22-19-7-6-18(28-19)14-23-9-11-24(12-10-23)21(25)20-16(8-13-26-20)15-27-17-4-2-1-3-5-17/h1-8,13H,9-12,14-15H2. The zero-order chi connectivity index (χ0) is 19.3. The van der Waals surface area contributed by atoms with Crippen molar-refractivity contribution in [3.8, 4) is 5.75 Å². The van der Waals surface area contributed by atoms with Crippen LogP contribution in [0.5, 0.6) is 5.75 Å². The number of benzene rings is 1. The molecule has 1 aromatic carbocycles. The van der Waals surface area contributed by atoms with E-state index in [-0.39, 0.29) is 5.91 Å². The summed E-state index contributed by atoms with van der Waals surface area (Å²) in [5.74, 6) is 1.10. The van der Waals surface area contributed by atoms with Gasteiger partial charge in [-0.05, 0) is 46.3 Å². The van der Waals surface area contributed by atoms with Gasteiger partial charge in [0, 0.05) is 43.2 Å². The molecule has 1 aliphatic rings. The Labute approximate surface area is 176 Å². The van der Waals surface area contributed by atoms with Crippen molar-refractivity contribution in [1.29, 1.82) is 0 Å². The van der Waals surface area contributed by atoms with Crippen molar-refractivity contribution in [2.45, 2.75) is 13.2 Å². The van der Waals surface area contributed by atoms with Crippen LogP contribution in [0.4, 0.5) is 0 Å². The van der Waals surface area contributed by atoms with Crippen LogP contribution in [0.1, 0.15) is 21.0 Å². The monoisotopic (exact) mass is 460 g/mol. The average molecular weight is 461 g/mol. The van der Waals surface area contributed by atoms with Gasteiger partial charge < -0.3 is 14.1 Å². The maximum Gasteiger partial charge on any atom is 0.290 e. The number of piperazine rings is 1. The summed E-state index contributed by atoms with van der Waals surface area (Å²) >= 11 is 5.27. The Hall–Kier alpha value is -2.09. The number of hydrogen-bond acceptors (Lipinski definition) is 5. The number of carbonyl (C=O) groups is 1. The molecule has 1 aliphatic heterocycles. The van der Waals surface area contributed by atoms with E-state index in [2.05, 4.69) is 33.0 Å². The summed E-state index contributed by atoms with van der Waals surface area (Å²) in [4.78, 5) is 18.5. The van der Waals surface area contributed by atoms with E-state index in [0.717, 1.165) is 34.7 Å². The third-order valence-corrected chi connectivity index (χ3v) is 6.35. The van der Waals surface area contributed by atoms with Crippen LogP contribution in [0.2, 0.25) is 0 Å². The molecule has 1 saturated heterocycles. The Bertz CT molecular complexity index is 917. The fraction of sp³-hybridized carbons (Fsp3) is 0.286. The summed E-state index contributed by atoms with van der Waals surface area (Å²) in [7, 11) is 0. The molecule has 0 radical (unpaired) electrons. The van der Waals surface area contributed by atoms with Crippen LogP contribution in [-0.4, -0.2) is 41.9 Å². The van der Waals surface area contributed by atoms with E-state index in [4.69, 9.17) is 9.15 Å². The van der Waals surface area contributed by atoms with Gasteiger partial charge in [0.25, 0.3) is 5.91 Å². The molecule has 0 bridgehead atoms. The second-order valence-corrected chi connectivity index (χ2v) is 9.20. The van der Waals surface area contributed by atoms with Gasteiger partial charge in [-0.1, -0.05) is 18.2 Å². The number of thiophene rings is 1. The first kappa shape index (κ1) is 19.2. The Morgan fingerprint density at radius 1 is 1.07 bits per heavy atom. The average Bonchev–Trinajstić information content (AvgIpc) is 3.36. The lowest BCUT2D eigenvalue weighted by molar-refractivity contribution is 0.0595. The molecule has 0 atom stereocenters. The van der Waals surface area contributed by atoms with Crippen molar-refractivity contribution in [2.75, 3.05) is 26.2 Å². The molecule has 3 heterocycles. The highest BCUT2D eigenvalue weighted by Crippen LogP contribution is 2.24. The van der Waals surface area contributed by atoms with Crippen LogP contribution >= 0.6 is 27.3 Å². The Balaban J connectivity index is 1.32. The van der Waals surface area contributed by atoms with Crippen LogP contribution in [0, 0.1) is 0 Å². The van der Waals surface area contributed by atoms with Crippen molar-refractivity contribution < 1.29 is 13.9 Å². The second-order valence-electron chi connectivity index (χ2n) is 6.65. The number of halogens is 1. The molecule has 0 spiro atoms. The number of carbonyl (C=O) groups excluding carboxylic acids is 1. The largest absolute Gasteiger partial charge is 0.489 e. The Morgan fingerprint density at radius 3 is 2.57 bits per heavy atom. The molecule has 0 unspecified atom stereocenters. The number of ether oxygens (including phenoxy) is 1. The fourth-order valence-corrected chi connectivity index (χ4v) is 4.75. The molecule has 4 rings (SSSR count). The summed E-state index contributed by atoms with van der Waals surface area (Å²) in [6, 6.07) is 15.6. The smallest absolute Gasteiger partial charge is 0.290 e. The van der Waals surface area contributed by atoms with Gasteiger partial charge in [0.15, 0.2) is 5.76 Å². The van der Waals surface area contributed by atoms with Gasteiger partial charge in [0.2, 0.25) is 0 Å². The molecule has 0 aliphatic carbocycles. The van der Waals surface area contributed by atoms with Crippen LogP contribution < -0.4 is 4.74 Å². The summed E-state index contributed by atoms with van der Waals surface area (Å²) in [6.45, 7) is 4.36. The van der Waals surface area contributed by atoms with E-state index in [0.29, 0.717) is 25.5 Å². The molecule has 5 nitrogen and oxygen atoms in total. The molecule has 0 saturated carbocycles. The summed E-state index contributed by atoms with van der Waals surface area (Å²) in [6.07, 6.45) is 1.56. The van der Waals surface area contributed by atoms with E-state index < -0.39 is 0 Å².